The highest BCUT2D eigenvalue weighted by Gasteiger charge is 2.45. The Bertz CT molecular complexity index is 1010. The Hall–Kier alpha value is -1.93. The van der Waals surface area contributed by atoms with Gasteiger partial charge in [-0.2, -0.15) is 13.2 Å². The molecule has 0 radical (unpaired) electrons. The van der Waals surface area contributed by atoms with Gasteiger partial charge in [0.25, 0.3) is 5.56 Å². The lowest BCUT2D eigenvalue weighted by Gasteiger charge is -2.25. The zero-order valence-electron chi connectivity index (χ0n) is 13.5. The number of H-pyrrole nitrogens is 1. The number of thiazole rings is 1. The van der Waals surface area contributed by atoms with Crippen molar-refractivity contribution in [2.75, 3.05) is 6.54 Å². The molecular weight excluding hydrogens is 351 g/mol. The van der Waals surface area contributed by atoms with E-state index in [0.29, 0.717) is 33.7 Å². The molecule has 0 unspecified atom stereocenters. The third-order valence-corrected chi connectivity index (χ3v) is 5.69. The van der Waals surface area contributed by atoms with Gasteiger partial charge in [0.15, 0.2) is 0 Å². The molecular formula is C17H16F3N3OS. The van der Waals surface area contributed by atoms with Gasteiger partial charge in [-0.1, -0.05) is 23.5 Å². The largest absolute Gasteiger partial charge is 0.404 e. The summed E-state index contributed by atoms with van der Waals surface area (Å²) in [6.45, 7) is 2.47. The third-order valence-electron chi connectivity index (χ3n) is 4.73. The fourth-order valence-electron chi connectivity index (χ4n) is 3.59. The topological polar surface area (TPSA) is 49.0 Å². The summed E-state index contributed by atoms with van der Waals surface area (Å²) in [6, 6.07) is 4.04. The number of nitrogens with zero attached hydrogens (tertiary/aromatic N) is 2. The molecule has 0 amide bonds. The Morgan fingerprint density at radius 3 is 2.96 bits per heavy atom. The second kappa shape index (κ2) is 5.81. The Balaban J connectivity index is 1.77. The van der Waals surface area contributed by atoms with E-state index in [1.807, 2.05) is 19.1 Å². The molecule has 0 bridgehead atoms. The maximum atomic E-state index is 13.1. The zero-order valence-corrected chi connectivity index (χ0v) is 14.3. The molecule has 1 saturated heterocycles. The number of fused-ring (bicyclic) bond motifs is 3. The van der Waals surface area contributed by atoms with Crippen LogP contribution in [0.3, 0.4) is 0 Å². The van der Waals surface area contributed by atoms with Gasteiger partial charge in [0.05, 0.1) is 6.54 Å². The molecule has 1 aliphatic rings. The normalized spacial score (nSPS) is 19.3. The standard InChI is InChI=1S/C17H16F3N3OS/c1-9-4-2-5-10-13(9)14-16(22-15(10)24)25-12(21-14)8-23-7-3-6-11(23)17(18,19)20/h2,4-5,11H,3,6-8H2,1H3,(H,22,24)/t11-/m1/s1. The van der Waals surface area contributed by atoms with Gasteiger partial charge in [-0.3, -0.25) is 9.69 Å². The van der Waals surface area contributed by atoms with Crippen LogP contribution in [0, 0.1) is 6.92 Å². The first-order valence-corrected chi connectivity index (χ1v) is 8.88. The fourth-order valence-corrected chi connectivity index (χ4v) is 4.58. The predicted octanol–water partition coefficient (Wildman–Crippen LogP) is 3.97. The number of halogens is 3. The van der Waals surface area contributed by atoms with Crippen LogP contribution in [0.1, 0.15) is 23.4 Å². The summed E-state index contributed by atoms with van der Waals surface area (Å²) >= 11 is 1.26. The number of aryl methyl sites for hydroxylation is 1. The molecule has 4 nitrogen and oxygen atoms in total. The van der Waals surface area contributed by atoms with Crippen LogP contribution in [0.15, 0.2) is 23.0 Å². The van der Waals surface area contributed by atoms with Crippen LogP contribution in [-0.4, -0.2) is 33.6 Å². The average Bonchev–Trinajstić information content (AvgIpc) is 3.14. The molecule has 4 rings (SSSR count). The number of aromatic amines is 1. The van der Waals surface area contributed by atoms with Gasteiger partial charge in [-0.15, -0.1) is 0 Å². The minimum absolute atomic E-state index is 0.132. The van der Waals surface area contributed by atoms with E-state index in [-0.39, 0.29) is 18.5 Å². The molecule has 0 saturated carbocycles. The van der Waals surface area contributed by atoms with Gasteiger partial charge >= 0.3 is 6.18 Å². The van der Waals surface area contributed by atoms with Crippen molar-refractivity contribution >= 4 is 32.5 Å². The number of pyridine rings is 1. The van der Waals surface area contributed by atoms with E-state index in [1.165, 1.54) is 16.2 Å². The van der Waals surface area contributed by atoms with Crippen molar-refractivity contribution in [3.8, 4) is 0 Å². The van der Waals surface area contributed by atoms with Crippen molar-refractivity contribution in [1.29, 1.82) is 0 Å². The Labute approximate surface area is 145 Å². The highest BCUT2D eigenvalue weighted by Crippen LogP contribution is 2.35. The number of aromatic nitrogens is 2. The smallest absolute Gasteiger partial charge is 0.312 e. The van der Waals surface area contributed by atoms with Crippen LogP contribution in [0.5, 0.6) is 0 Å². The molecule has 2 aromatic heterocycles. The van der Waals surface area contributed by atoms with Gasteiger partial charge in [0, 0.05) is 10.8 Å². The molecule has 3 heterocycles. The monoisotopic (exact) mass is 367 g/mol. The van der Waals surface area contributed by atoms with Gasteiger partial charge in [0.2, 0.25) is 0 Å². The maximum Gasteiger partial charge on any atom is 0.404 e. The average molecular weight is 367 g/mol. The van der Waals surface area contributed by atoms with Crippen LogP contribution in [0.4, 0.5) is 13.2 Å². The van der Waals surface area contributed by atoms with Gasteiger partial charge in [-0.05, 0) is 37.9 Å². The van der Waals surface area contributed by atoms with E-state index in [0.717, 1.165) is 10.9 Å². The second-order valence-electron chi connectivity index (χ2n) is 6.41. The highest BCUT2D eigenvalue weighted by atomic mass is 32.1. The Morgan fingerprint density at radius 2 is 2.20 bits per heavy atom. The molecule has 8 heteroatoms. The van der Waals surface area contributed by atoms with E-state index in [1.54, 1.807) is 6.07 Å². The first-order chi connectivity index (χ1) is 11.8. The molecule has 1 aliphatic heterocycles. The molecule has 1 atom stereocenters. The highest BCUT2D eigenvalue weighted by molar-refractivity contribution is 7.18. The summed E-state index contributed by atoms with van der Waals surface area (Å²) in [6.07, 6.45) is -3.55. The summed E-state index contributed by atoms with van der Waals surface area (Å²) in [7, 11) is 0. The summed E-state index contributed by atoms with van der Waals surface area (Å²) in [4.78, 5) is 21.7. The van der Waals surface area contributed by atoms with Gasteiger partial charge in [0.1, 0.15) is 21.4 Å². The lowest BCUT2D eigenvalue weighted by Crippen LogP contribution is -2.40. The number of hydrogen-bond acceptors (Lipinski definition) is 4. The van der Waals surface area contributed by atoms with E-state index in [4.69, 9.17) is 0 Å². The Morgan fingerprint density at radius 1 is 1.40 bits per heavy atom. The van der Waals surface area contributed by atoms with Crippen LogP contribution in [-0.2, 0) is 6.54 Å². The van der Waals surface area contributed by atoms with E-state index < -0.39 is 12.2 Å². The van der Waals surface area contributed by atoms with E-state index in [9.17, 15) is 18.0 Å². The van der Waals surface area contributed by atoms with Crippen molar-refractivity contribution in [3.05, 3.63) is 39.1 Å². The molecule has 25 heavy (non-hydrogen) atoms. The predicted molar refractivity (Wildman–Crippen MR) is 92.0 cm³/mol. The summed E-state index contributed by atoms with van der Waals surface area (Å²) in [5.74, 6) is 0. The van der Waals surface area contributed by atoms with Crippen molar-refractivity contribution in [3.63, 3.8) is 0 Å². The zero-order chi connectivity index (χ0) is 17.8. The molecule has 132 valence electrons. The van der Waals surface area contributed by atoms with Crippen molar-refractivity contribution < 1.29 is 13.2 Å². The Kier molecular flexibility index (Phi) is 3.84. The maximum absolute atomic E-state index is 13.1. The molecule has 3 aromatic rings. The summed E-state index contributed by atoms with van der Waals surface area (Å²) in [5, 5.41) is 1.92. The number of likely N-dealkylation sites (tertiary alicyclic amines) is 1. The van der Waals surface area contributed by atoms with Crippen LogP contribution < -0.4 is 5.56 Å². The molecule has 0 aliphatic carbocycles. The number of rotatable bonds is 2. The lowest BCUT2D eigenvalue weighted by atomic mass is 10.1. The van der Waals surface area contributed by atoms with Crippen molar-refractivity contribution in [1.82, 2.24) is 14.9 Å². The SMILES string of the molecule is Cc1cccc2c(=O)[nH]c3sc(CN4CCC[C@@H]4C(F)(F)F)nc3c12. The van der Waals surface area contributed by atoms with Crippen LogP contribution in [0.25, 0.3) is 21.1 Å². The number of nitrogens with one attached hydrogen (secondary N) is 1. The van der Waals surface area contributed by atoms with Gasteiger partial charge < -0.3 is 4.98 Å². The number of hydrogen-bond donors (Lipinski definition) is 1. The third kappa shape index (κ3) is 2.83. The second-order valence-corrected chi connectivity index (χ2v) is 7.49. The molecule has 1 aromatic carbocycles. The van der Waals surface area contributed by atoms with Crippen molar-refractivity contribution in [2.45, 2.75) is 38.5 Å². The first kappa shape index (κ1) is 16.5. The minimum Gasteiger partial charge on any atom is -0.312 e. The quantitative estimate of drug-likeness (QED) is 0.746. The lowest BCUT2D eigenvalue weighted by molar-refractivity contribution is -0.177. The summed E-state index contributed by atoms with van der Waals surface area (Å²) < 4.78 is 39.4. The van der Waals surface area contributed by atoms with Crippen LogP contribution >= 0.6 is 11.3 Å². The van der Waals surface area contributed by atoms with Crippen molar-refractivity contribution in [2.24, 2.45) is 0 Å². The number of benzene rings is 1. The molecule has 1 N–H and O–H groups in total. The summed E-state index contributed by atoms with van der Waals surface area (Å²) in [5.41, 5.74) is 1.39. The van der Waals surface area contributed by atoms with Gasteiger partial charge in [-0.25, -0.2) is 4.98 Å². The fraction of sp³-hybridized carbons (Fsp3) is 0.412. The minimum atomic E-state index is -4.22. The first-order valence-electron chi connectivity index (χ1n) is 8.06. The molecule has 1 fully saturated rings. The van der Waals surface area contributed by atoms with Crippen LogP contribution in [0.2, 0.25) is 0 Å². The molecule has 0 spiro atoms. The van der Waals surface area contributed by atoms with E-state index >= 15 is 0 Å². The van der Waals surface area contributed by atoms with E-state index in [2.05, 4.69) is 9.97 Å². The number of alkyl halides is 3.